The molecule has 1 aliphatic carbocycles. The van der Waals surface area contributed by atoms with Crippen LogP contribution >= 0.6 is 24.8 Å². The number of ether oxygens (including phenoxy) is 1. The summed E-state index contributed by atoms with van der Waals surface area (Å²) in [5.41, 5.74) is 0. The van der Waals surface area contributed by atoms with Crippen molar-refractivity contribution in [1.82, 2.24) is 10.2 Å². The van der Waals surface area contributed by atoms with Crippen LogP contribution in [0, 0.1) is 5.92 Å². The Balaban J connectivity index is 0.00000144. The number of rotatable bonds is 5. The van der Waals surface area contributed by atoms with Gasteiger partial charge in [-0.15, -0.1) is 24.8 Å². The van der Waals surface area contributed by atoms with E-state index in [1.165, 1.54) is 45.2 Å². The van der Waals surface area contributed by atoms with Gasteiger partial charge in [0.25, 0.3) is 0 Å². The molecule has 0 aromatic heterocycles. The van der Waals surface area contributed by atoms with Crippen molar-refractivity contribution in [2.24, 2.45) is 5.92 Å². The van der Waals surface area contributed by atoms with Crippen LogP contribution in [0.15, 0.2) is 0 Å². The van der Waals surface area contributed by atoms with Gasteiger partial charge in [-0.2, -0.15) is 0 Å². The molecule has 0 radical (unpaired) electrons. The molecule has 2 rings (SSSR count). The highest BCUT2D eigenvalue weighted by Crippen LogP contribution is 2.22. The fourth-order valence-electron chi connectivity index (χ4n) is 2.76. The Labute approximate surface area is 124 Å². The van der Waals surface area contributed by atoms with Gasteiger partial charge in [-0.25, -0.2) is 0 Å². The molecule has 0 unspecified atom stereocenters. The van der Waals surface area contributed by atoms with Crippen LogP contribution in [0.1, 0.15) is 32.1 Å². The predicted octanol–water partition coefficient (Wildman–Crippen LogP) is 2.33. The van der Waals surface area contributed by atoms with Gasteiger partial charge in [-0.05, 0) is 25.3 Å². The van der Waals surface area contributed by atoms with Gasteiger partial charge in [0.05, 0.1) is 13.2 Å². The van der Waals surface area contributed by atoms with E-state index in [4.69, 9.17) is 4.74 Å². The molecule has 2 fully saturated rings. The van der Waals surface area contributed by atoms with Crippen LogP contribution in [0.25, 0.3) is 0 Å². The van der Waals surface area contributed by atoms with Crippen molar-refractivity contribution < 1.29 is 4.74 Å². The zero-order valence-corrected chi connectivity index (χ0v) is 12.9. The lowest BCUT2D eigenvalue weighted by Crippen LogP contribution is -2.41. The first-order chi connectivity index (χ1) is 7.95. The van der Waals surface area contributed by atoms with Gasteiger partial charge < -0.3 is 10.1 Å². The highest BCUT2D eigenvalue weighted by molar-refractivity contribution is 5.85. The van der Waals surface area contributed by atoms with Crippen molar-refractivity contribution >= 4 is 24.8 Å². The molecular formula is C13H28Cl2N2O. The molecule has 110 valence electrons. The second-order valence-corrected chi connectivity index (χ2v) is 5.16. The van der Waals surface area contributed by atoms with E-state index < -0.39 is 0 Å². The lowest BCUT2D eigenvalue weighted by Gasteiger charge is -2.27. The summed E-state index contributed by atoms with van der Waals surface area (Å²) in [7, 11) is 0. The molecular weight excluding hydrogens is 271 g/mol. The van der Waals surface area contributed by atoms with Crippen LogP contribution < -0.4 is 5.32 Å². The molecule has 1 aliphatic heterocycles. The lowest BCUT2D eigenvalue weighted by atomic mass is 9.89. The van der Waals surface area contributed by atoms with E-state index in [2.05, 4.69) is 10.2 Å². The standard InChI is InChI=1S/C13H26N2O.2ClH/c1-2-4-13(5-3-1)12-14-6-7-15-8-10-16-11-9-15;;/h13-14H,1-12H2;2*1H. The predicted molar refractivity (Wildman–Crippen MR) is 81.2 cm³/mol. The maximum atomic E-state index is 5.34. The van der Waals surface area contributed by atoms with Gasteiger partial charge in [-0.1, -0.05) is 19.3 Å². The lowest BCUT2D eigenvalue weighted by molar-refractivity contribution is 0.0383. The Morgan fingerprint density at radius 3 is 2.33 bits per heavy atom. The third kappa shape index (κ3) is 7.15. The topological polar surface area (TPSA) is 24.5 Å². The van der Waals surface area contributed by atoms with Crippen LogP contribution in [-0.2, 0) is 4.74 Å². The Kier molecular flexibility index (Phi) is 11.6. The van der Waals surface area contributed by atoms with Gasteiger partial charge in [0.2, 0.25) is 0 Å². The molecule has 0 bridgehead atoms. The number of hydrogen-bond acceptors (Lipinski definition) is 3. The fourth-order valence-corrected chi connectivity index (χ4v) is 2.76. The molecule has 1 saturated carbocycles. The minimum Gasteiger partial charge on any atom is -0.379 e. The molecule has 0 aromatic rings. The second-order valence-electron chi connectivity index (χ2n) is 5.16. The zero-order chi connectivity index (χ0) is 11.1. The van der Waals surface area contributed by atoms with Gasteiger partial charge in [0.15, 0.2) is 0 Å². The number of morpholine rings is 1. The average Bonchev–Trinajstić information content (AvgIpc) is 2.37. The third-order valence-electron chi connectivity index (χ3n) is 3.87. The van der Waals surface area contributed by atoms with Gasteiger partial charge in [0.1, 0.15) is 0 Å². The molecule has 0 amide bonds. The summed E-state index contributed by atoms with van der Waals surface area (Å²) in [6.07, 6.45) is 7.27. The largest absolute Gasteiger partial charge is 0.379 e. The van der Waals surface area contributed by atoms with Crippen LogP contribution in [0.2, 0.25) is 0 Å². The second kappa shape index (κ2) is 11.3. The Morgan fingerprint density at radius 2 is 1.67 bits per heavy atom. The average molecular weight is 299 g/mol. The van der Waals surface area contributed by atoms with E-state index in [-0.39, 0.29) is 24.8 Å². The molecule has 1 heterocycles. The van der Waals surface area contributed by atoms with Crippen LogP contribution in [-0.4, -0.2) is 50.8 Å². The summed E-state index contributed by atoms with van der Waals surface area (Å²) >= 11 is 0. The van der Waals surface area contributed by atoms with Crippen LogP contribution in [0.3, 0.4) is 0 Å². The molecule has 0 atom stereocenters. The molecule has 0 aromatic carbocycles. The Morgan fingerprint density at radius 1 is 1.00 bits per heavy atom. The summed E-state index contributed by atoms with van der Waals surface area (Å²) in [6, 6.07) is 0. The van der Waals surface area contributed by atoms with E-state index in [1.54, 1.807) is 0 Å². The molecule has 18 heavy (non-hydrogen) atoms. The highest BCUT2D eigenvalue weighted by atomic mass is 35.5. The fraction of sp³-hybridized carbons (Fsp3) is 1.00. The monoisotopic (exact) mass is 298 g/mol. The highest BCUT2D eigenvalue weighted by Gasteiger charge is 2.13. The Hall–Kier alpha value is 0.460. The molecule has 1 saturated heterocycles. The van der Waals surface area contributed by atoms with E-state index in [9.17, 15) is 0 Å². The van der Waals surface area contributed by atoms with E-state index in [0.29, 0.717) is 0 Å². The number of nitrogens with zero attached hydrogens (tertiary/aromatic N) is 1. The van der Waals surface area contributed by atoms with Crippen molar-refractivity contribution in [3.05, 3.63) is 0 Å². The van der Waals surface area contributed by atoms with Crippen LogP contribution in [0.4, 0.5) is 0 Å². The van der Waals surface area contributed by atoms with Crippen LogP contribution in [0.5, 0.6) is 0 Å². The SMILES string of the molecule is C1CCC(CNCCN2CCOCC2)CC1.Cl.Cl. The Bertz CT molecular complexity index is 164. The van der Waals surface area contributed by atoms with E-state index >= 15 is 0 Å². The first-order valence-corrected chi connectivity index (χ1v) is 6.96. The minimum atomic E-state index is 0. The smallest absolute Gasteiger partial charge is 0.0594 e. The van der Waals surface area contributed by atoms with Crippen molar-refractivity contribution in [3.8, 4) is 0 Å². The maximum absolute atomic E-state index is 5.34. The van der Waals surface area contributed by atoms with Gasteiger partial charge in [0, 0.05) is 26.2 Å². The zero-order valence-electron chi connectivity index (χ0n) is 11.2. The summed E-state index contributed by atoms with van der Waals surface area (Å²) in [5, 5.41) is 3.62. The number of halogens is 2. The first-order valence-electron chi connectivity index (χ1n) is 6.96. The summed E-state index contributed by atoms with van der Waals surface area (Å²) in [5.74, 6) is 0.957. The maximum Gasteiger partial charge on any atom is 0.0594 e. The van der Waals surface area contributed by atoms with Crippen molar-refractivity contribution in [2.75, 3.05) is 45.9 Å². The molecule has 1 N–H and O–H groups in total. The molecule has 0 spiro atoms. The van der Waals surface area contributed by atoms with Gasteiger partial charge in [-0.3, -0.25) is 4.90 Å². The van der Waals surface area contributed by atoms with Crippen molar-refractivity contribution in [3.63, 3.8) is 0 Å². The quantitative estimate of drug-likeness (QED) is 0.789. The molecule has 5 heteroatoms. The van der Waals surface area contributed by atoms with Gasteiger partial charge >= 0.3 is 0 Å². The summed E-state index contributed by atoms with van der Waals surface area (Å²) in [4.78, 5) is 2.50. The molecule has 2 aliphatic rings. The van der Waals surface area contributed by atoms with Crippen molar-refractivity contribution in [1.29, 1.82) is 0 Å². The van der Waals surface area contributed by atoms with E-state index in [0.717, 1.165) is 38.8 Å². The number of nitrogens with one attached hydrogen (secondary N) is 1. The summed E-state index contributed by atoms with van der Waals surface area (Å²) in [6.45, 7) is 7.65. The third-order valence-corrected chi connectivity index (χ3v) is 3.87. The van der Waals surface area contributed by atoms with E-state index in [1.807, 2.05) is 0 Å². The summed E-state index contributed by atoms with van der Waals surface area (Å²) < 4.78 is 5.34. The first kappa shape index (κ1) is 18.5. The minimum absolute atomic E-state index is 0. The number of hydrogen-bond donors (Lipinski definition) is 1. The normalized spacial score (nSPS) is 22.0. The molecule has 3 nitrogen and oxygen atoms in total. The van der Waals surface area contributed by atoms with Crippen molar-refractivity contribution in [2.45, 2.75) is 32.1 Å².